The van der Waals surface area contributed by atoms with Gasteiger partial charge in [-0.05, 0) is 48.7 Å². The van der Waals surface area contributed by atoms with Crippen molar-refractivity contribution in [2.24, 2.45) is 11.5 Å². The molecule has 0 spiro atoms. The summed E-state index contributed by atoms with van der Waals surface area (Å²) in [7, 11) is 0. The lowest BCUT2D eigenvalue weighted by Gasteiger charge is -2.29. The summed E-state index contributed by atoms with van der Waals surface area (Å²) in [6, 6.07) is 13.0. The zero-order chi connectivity index (χ0) is 22.0. The first-order valence-corrected chi connectivity index (χ1v) is 10.4. The highest BCUT2D eigenvalue weighted by Crippen LogP contribution is 2.43. The van der Waals surface area contributed by atoms with Crippen LogP contribution in [-0.2, 0) is 10.2 Å². The molecule has 1 aromatic heterocycles. The number of carbonyl (C=O) groups is 3. The normalized spacial score (nSPS) is 15.9. The fourth-order valence-electron chi connectivity index (χ4n) is 4.56. The van der Waals surface area contributed by atoms with Crippen LogP contribution in [0.2, 0.25) is 0 Å². The summed E-state index contributed by atoms with van der Waals surface area (Å²) >= 11 is 0. The number of esters is 1. The van der Waals surface area contributed by atoms with Gasteiger partial charge >= 0.3 is 12.0 Å². The molecule has 160 valence electrons. The molecule has 3 aromatic rings. The van der Waals surface area contributed by atoms with Crippen molar-refractivity contribution in [1.82, 2.24) is 4.57 Å². The van der Waals surface area contributed by atoms with E-state index in [4.69, 9.17) is 16.2 Å². The summed E-state index contributed by atoms with van der Waals surface area (Å²) in [5, 5.41) is 0.637. The topological polar surface area (TPSA) is 117 Å². The number of primary amides is 2. The molecule has 31 heavy (non-hydrogen) atoms. The number of nitrogens with zero attached hydrogens (tertiary/aromatic N) is 1. The highest BCUT2D eigenvalue weighted by molar-refractivity contribution is 6.00. The maximum atomic E-state index is 12.7. The Labute approximate surface area is 180 Å². The molecular weight excluding hydrogens is 394 g/mol. The monoisotopic (exact) mass is 419 g/mol. The maximum Gasteiger partial charge on any atom is 0.343 e. The third-order valence-electron chi connectivity index (χ3n) is 6.18. The van der Waals surface area contributed by atoms with Gasteiger partial charge in [-0.25, -0.2) is 9.59 Å². The summed E-state index contributed by atoms with van der Waals surface area (Å²) in [5.41, 5.74) is 12.3. The Morgan fingerprint density at radius 2 is 1.58 bits per heavy atom. The molecule has 7 nitrogen and oxygen atoms in total. The van der Waals surface area contributed by atoms with Gasteiger partial charge in [-0.1, -0.05) is 43.9 Å². The van der Waals surface area contributed by atoms with Gasteiger partial charge in [0.2, 0.25) is 5.91 Å². The second-order valence-electron chi connectivity index (χ2n) is 8.05. The number of nitrogens with two attached hydrogens (primary N) is 2. The Kier molecular flexibility index (Phi) is 5.50. The standard InChI is InChI=1S/C24H25N3O4/c25-22(29)24(12-6-1-2-7-13-24)19-15-27(23(26)30)20-11-10-17(14-18(19)20)31-21(28)16-8-4-3-5-9-16/h3-5,8-11,14-15H,1-2,6-7,12-13H2,(H2,25,29)(H2,26,30). The lowest BCUT2D eigenvalue weighted by Crippen LogP contribution is -2.40. The molecule has 1 heterocycles. The summed E-state index contributed by atoms with van der Waals surface area (Å²) in [6.45, 7) is 0. The summed E-state index contributed by atoms with van der Waals surface area (Å²) in [6.07, 6.45) is 6.63. The van der Waals surface area contributed by atoms with E-state index in [-0.39, 0.29) is 0 Å². The Balaban J connectivity index is 1.83. The van der Waals surface area contributed by atoms with Crippen molar-refractivity contribution in [2.45, 2.75) is 43.9 Å². The third kappa shape index (κ3) is 3.79. The largest absolute Gasteiger partial charge is 0.423 e. The van der Waals surface area contributed by atoms with E-state index in [2.05, 4.69) is 0 Å². The fourth-order valence-corrected chi connectivity index (χ4v) is 4.56. The van der Waals surface area contributed by atoms with Gasteiger partial charge in [-0.15, -0.1) is 0 Å². The minimum absolute atomic E-state index is 0.318. The lowest BCUT2D eigenvalue weighted by molar-refractivity contribution is -0.124. The van der Waals surface area contributed by atoms with E-state index in [0.717, 1.165) is 25.7 Å². The predicted octanol–water partition coefficient (Wildman–Crippen LogP) is 3.86. The number of ether oxygens (including phenoxy) is 1. The van der Waals surface area contributed by atoms with Gasteiger partial charge in [-0.3, -0.25) is 9.36 Å². The van der Waals surface area contributed by atoms with Crippen molar-refractivity contribution < 1.29 is 19.1 Å². The molecule has 1 saturated carbocycles. The first-order valence-electron chi connectivity index (χ1n) is 10.4. The molecule has 1 fully saturated rings. The van der Waals surface area contributed by atoms with Gasteiger partial charge in [0.1, 0.15) is 5.75 Å². The van der Waals surface area contributed by atoms with Crippen LogP contribution in [0.25, 0.3) is 10.9 Å². The van der Waals surface area contributed by atoms with E-state index in [1.54, 1.807) is 48.7 Å². The van der Waals surface area contributed by atoms with E-state index < -0.39 is 23.3 Å². The first-order chi connectivity index (χ1) is 14.9. The van der Waals surface area contributed by atoms with Crippen molar-refractivity contribution in [3.63, 3.8) is 0 Å². The van der Waals surface area contributed by atoms with E-state index >= 15 is 0 Å². The number of benzene rings is 2. The molecule has 0 aliphatic heterocycles. The third-order valence-corrected chi connectivity index (χ3v) is 6.18. The Morgan fingerprint density at radius 3 is 2.19 bits per heavy atom. The molecule has 4 rings (SSSR count). The number of hydrogen-bond donors (Lipinski definition) is 2. The average Bonchev–Trinajstić information content (AvgIpc) is 2.96. The van der Waals surface area contributed by atoms with Crippen LogP contribution in [0.5, 0.6) is 5.75 Å². The molecule has 0 atom stereocenters. The molecule has 0 saturated heterocycles. The smallest absolute Gasteiger partial charge is 0.343 e. The van der Waals surface area contributed by atoms with Gasteiger partial charge in [0, 0.05) is 11.6 Å². The molecule has 4 N–H and O–H groups in total. The minimum Gasteiger partial charge on any atom is -0.423 e. The Hall–Kier alpha value is -3.61. The Bertz CT molecular complexity index is 1140. The van der Waals surface area contributed by atoms with Crippen LogP contribution in [0.3, 0.4) is 0 Å². The van der Waals surface area contributed by atoms with E-state index in [0.29, 0.717) is 40.6 Å². The first kappa shape index (κ1) is 20.7. The van der Waals surface area contributed by atoms with Crippen molar-refractivity contribution in [2.75, 3.05) is 0 Å². The van der Waals surface area contributed by atoms with Crippen LogP contribution < -0.4 is 16.2 Å². The number of fused-ring (bicyclic) bond motifs is 1. The van der Waals surface area contributed by atoms with Crippen LogP contribution in [0, 0.1) is 0 Å². The van der Waals surface area contributed by atoms with Crippen LogP contribution >= 0.6 is 0 Å². The van der Waals surface area contributed by atoms with Gasteiger partial charge in [0.25, 0.3) is 0 Å². The lowest BCUT2D eigenvalue weighted by atomic mass is 9.73. The second-order valence-corrected chi connectivity index (χ2v) is 8.05. The van der Waals surface area contributed by atoms with E-state index in [9.17, 15) is 14.4 Å². The van der Waals surface area contributed by atoms with E-state index in [1.807, 2.05) is 6.07 Å². The van der Waals surface area contributed by atoms with Crippen molar-refractivity contribution >= 4 is 28.8 Å². The number of rotatable bonds is 4. The molecule has 0 unspecified atom stereocenters. The van der Waals surface area contributed by atoms with Crippen LogP contribution in [0.15, 0.2) is 54.7 Å². The zero-order valence-electron chi connectivity index (χ0n) is 17.2. The van der Waals surface area contributed by atoms with Crippen LogP contribution in [0.4, 0.5) is 4.79 Å². The van der Waals surface area contributed by atoms with Gasteiger partial charge in [0.05, 0.1) is 16.5 Å². The molecule has 0 bridgehead atoms. The average molecular weight is 419 g/mol. The summed E-state index contributed by atoms with van der Waals surface area (Å²) in [5.74, 6) is -0.586. The maximum absolute atomic E-state index is 12.7. The number of hydrogen-bond acceptors (Lipinski definition) is 4. The molecule has 2 amide bonds. The highest BCUT2D eigenvalue weighted by Gasteiger charge is 2.41. The molecule has 7 heteroatoms. The second kappa shape index (κ2) is 8.26. The molecule has 1 aliphatic rings. The quantitative estimate of drug-likeness (QED) is 0.379. The van der Waals surface area contributed by atoms with Crippen LogP contribution in [0.1, 0.15) is 54.4 Å². The number of carbonyl (C=O) groups excluding carboxylic acids is 3. The SMILES string of the molecule is NC(=O)n1cc(C2(C(N)=O)CCCCCC2)c2cc(OC(=O)c3ccccc3)ccc21. The summed E-state index contributed by atoms with van der Waals surface area (Å²) in [4.78, 5) is 37.3. The fraction of sp³-hybridized carbons (Fsp3) is 0.292. The molecule has 0 radical (unpaired) electrons. The van der Waals surface area contributed by atoms with Crippen molar-refractivity contribution in [1.29, 1.82) is 0 Å². The molecule has 2 aromatic carbocycles. The van der Waals surface area contributed by atoms with Crippen molar-refractivity contribution in [3.8, 4) is 5.75 Å². The van der Waals surface area contributed by atoms with Crippen LogP contribution in [-0.4, -0.2) is 22.5 Å². The minimum atomic E-state index is -0.891. The highest BCUT2D eigenvalue weighted by atomic mass is 16.5. The molecular formula is C24H25N3O4. The van der Waals surface area contributed by atoms with Crippen molar-refractivity contribution in [3.05, 3.63) is 65.9 Å². The number of amides is 2. The van der Waals surface area contributed by atoms with Gasteiger partial charge in [-0.2, -0.15) is 0 Å². The van der Waals surface area contributed by atoms with Gasteiger partial charge in [0.15, 0.2) is 0 Å². The number of aromatic nitrogens is 1. The van der Waals surface area contributed by atoms with E-state index in [1.165, 1.54) is 4.57 Å². The Morgan fingerprint density at radius 1 is 0.903 bits per heavy atom. The molecule has 1 aliphatic carbocycles. The predicted molar refractivity (Wildman–Crippen MR) is 117 cm³/mol. The summed E-state index contributed by atoms with van der Waals surface area (Å²) < 4.78 is 6.88. The zero-order valence-corrected chi connectivity index (χ0v) is 17.2. The van der Waals surface area contributed by atoms with Gasteiger partial charge < -0.3 is 16.2 Å².